The molecule has 8 heteroatoms. The third-order valence-corrected chi connectivity index (χ3v) is 2.31. The largest absolute Gasteiger partial charge is 0.508 e. The Kier molecular flexibility index (Phi) is 5.30. The molecule has 0 atom stereocenters. The fourth-order valence-corrected chi connectivity index (χ4v) is 1.40. The van der Waals surface area contributed by atoms with Gasteiger partial charge in [0, 0.05) is 11.8 Å². The van der Waals surface area contributed by atoms with Gasteiger partial charge in [0.2, 0.25) is 0 Å². The predicted octanol–water partition coefficient (Wildman–Crippen LogP) is 0.732. The smallest absolute Gasteiger partial charge is 0.354 e. The number of aromatic carboxylic acids is 1. The van der Waals surface area contributed by atoms with Crippen LogP contribution in [0, 0.1) is 0 Å². The van der Waals surface area contributed by atoms with Crippen LogP contribution in [0.4, 0.5) is 5.69 Å². The number of hydrogen-bond acceptors (Lipinski definition) is 7. The highest BCUT2D eigenvalue weighted by atomic mass is 16.5. The zero-order valence-electron chi connectivity index (χ0n) is 11.2. The highest BCUT2D eigenvalue weighted by Crippen LogP contribution is 2.21. The number of benzene rings is 1. The zero-order chi connectivity index (χ0) is 16.0. The van der Waals surface area contributed by atoms with Gasteiger partial charge in [-0.25, -0.2) is 14.4 Å². The van der Waals surface area contributed by atoms with Crippen LogP contribution >= 0.6 is 0 Å². The van der Waals surface area contributed by atoms with Gasteiger partial charge < -0.3 is 25.0 Å². The highest BCUT2D eigenvalue weighted by molar-refractivity contribution is 5.99. The number of carbonyl (C=O) groups excluding carboxylic acids is 2. The lowest BCUT2D eigenvalue weighted by Crippen LogP contribution is -2.15. The number of anilines is 1. The van der Waals surface area contributed by atoms with E-state index in [4.69, 9.17) is 5.11 Å². The van der Waals surface area contributed by atoms with Gasteiger partial charge in [-0.05, 0) is 12.1 Å². The van der Waals surface area contributed by atoms with Crippen LogP contribution in [0.5, 0.6) is 5.75 Å². The lowest BCUT2D eigenvalue weighted by Gasteiger charge is -2.10. The van der Waals surface area contributed by atoms with Crippen molar-refractivity contribution < 1.29 is 34.1 Å². The lowest BCUT2D eigenvalue weighted by atomic mass is 10.2. The second-order valence-electron chi connectivity index (χ2n) is 3.77. The van der Waals surface area contributed by atoms with E-state index in [1.165, 1.54) is 12.1 Å². The van der Waals surface area contributed by atoms with Crippen LogP contribution < -0.4 is 5.32 Å². The SMILES string of the molecule is COC(=O)/C=C(/Nc1cc(O)cc(C(=O)O)c1)C(=O)OC. The molecule has 0 bridgehead atoms. The number of ether oxygens (including phenoxy) is 2. The quantitative estimate of drug-likeness (QED) is 0.537. The highest BCUT2D eigenvalue weighted by Gasteiger charge is 2.14. The number of phenolic OH excluding ortho intramolecular Hbond substituents is 1. The molecule has 0 aliphatic heterocycles. The molecule has 0 spiro atoms. The minimum Gasteiger partial charge on any atom is -0.508 e. The third-order valence-electron chi connectivity index (χ3n) is 2.31. The maximum absolute atomic E-state index is 11.5. The first kappa shape index (κ1) is 16.0. The van der Waals surface area contributed by atoms with E-state index in [-0.39, 0.29) is 22.7 Å². The number of phenols is 1. The van der Waals surface area contributed by atoms with E-state index in [9.17, 15) is 19.5 Å². The number of hydrogen-bond donors (Lipinski definition) is 3. The monoisotopic (exact) mass is 295 g/mol. The summed E-state index contributed by atoms with van der Waals surface area (Å²) in [6, 6.07) is 3.39. The number of esters is 2. The molecule has 0 saturated carbocycles. The summed E-state index contributed by atoms with van der Waals surface area (Å²) in [5.41, 5.74) is -0.376. The Morgan fingerprint density at radius 2 is 1.81 bits per heavy atom. The molecule has 1 rings (SSSR count). The van der Waals surface area contributed by atoms with Crippen LogP contribution in [0.15, 0.2) is 30.0 Å². The van der Waals surface area contributed by atoms with Crippen molar-refractivity contribution in [3.05, 3.63) is 35.5 Å². The predicted molar refractivity (Wildman–Crippen MR) is 70.8 cm³/mol. The van der Waals surface area contributed by atoms with Crippen molar-refractivity contribution in [2.75, 3.05) is 19.5 Å². The Morgan fingerprint density at radius 3 is 2.33 bits per heavy atom. The standard InChI is InChI=1S/C13H13NO7/c1-20-11(16)6-10(13(19)21-2)14-8-3-7(12(17)18)4-9(15)5-8/h3-6,14-15H,1-2H3,(H,17,18)/b10-6+. The van der Waals surface area contributed by atoms with Crippen molar-refractivity contribution in [1.82, 2.24) is 0 Å². The molecule has 1 aromatic carbocycles. The van der Waals surface area contributed by atoms with E-state index in [0.717, 1.165) is 26.4 Å². The number of carboxylic acid groups (broad SMARTS) is 1. The first-order chi connectivity index (χ1) is 9.87. The molecule has 0 fully saturated rings. The van der Waals surface area contributed by atoms with Gasteiger partial charge in [-0.3, -0.25) is 0 Å². The number of aromatic hydroxyl groups is 1. The van der Waals surface area contributed by atoms with Crippen LogP contribution in [-0.4, -0.2) is 42.3 Å². The lowest BCUT2D eigenvalue weighted by molar-refractivity contribution is -0.138. The van der Waals surface area contributed by atoms with Gasteiger partial charge in [0.15, 0.2) is 0 Å². The molecule has 112 valence electrons. The minimum atomic E-state index is -1.26. The number of carboxylic acids is 1. The van der Waals surface area contributed by atoms with Crippen molar-refractivity contribution in [2.45, 2.75) is 0 Å². The van der Waals surface area contributed by atoms with Crippen molar-refractivity contribution in [1.29, 1.82) is 0 Å². The van der Waals surface area contributed by atoms with Gasteiger partial charge in [0.1, 0.15) is 11.4 Å². The molecule has 0 radical (unpaired) electrons. The molecule has 0 heterocycles. The Bertz CT molecular complexity index is 607. The molecule has 3 N–H and O–H groups in total. The third kappa shape index (κ3) is 4.53. The van der Waals surface area contributed by atoms with E-state index < -0.39 is 17.9 Å². The van der Waals surface area contributed by atoms with Crippen LogP contribution in [0.2, 0.25) is 0 Å². The minimum absolute atomic E-state index is 0.0907. The van der Waals surface area contributed by atoms with E-state index in [0.29, 0.717) is 0 Å². The Hall–Kier alpha value is -3.03. The average molecular weight is 295 g/mol. The number of rotatable bonds is 5. The van der Waals surface area contributed by atoms with E-state index in [2.05, 4.69) is 14.8 Å². The summed E-state index contributed by atoms with van der Waals surface area (Å²) in [7, 11) is 2.24. The molecule has 21 heavy (non-hydrogen) atoms. The van der Waals surface area contributed by atoms with Crippen LogP contribution in [0.1, 0.15) is 10.4 Å². The number of methoxy groups -OCH3 is 2. The van der Waals surface area contributed by atoms with Crippen molar-refractivity contribution in [3.8, 4) is 5.75 Å². The molecule has 0 amide bonds. The van der Waals surface area contributed by atoms with Gasteiger partial charge >= 0.3 is 17.9 Å². The maximum atomic E-state index is 11.5. The second-order valence-corrected chi connectivity index (χ2v) is 3.77. The number of carbonyl (C=O) groups is 3. The molecule has 0 aliphatic rings. The van der Waals surface area contributed by atoms with Crippen molar-refractivity contribution >= 4 is 23.6 Å². The Balaban J connectivity index is 3.15. The first-order valence-corrected chi connectivity index (χ1v) is 5.59. The zero-order valence-corrected chi connectivity index (χ0v) is 11.2. The molecule has 0 aliphatic carbocycles. The first-order valence-electron chi connectivity index (χ1n) is 5.59. The van der Waals surface area contributed by atoms with Gasteiger partial charge in [0.05, 0.1) is 25.9 Å². The Labute approximate surface area is 119 Å². The molecule has 8 nitrogen and oxygen atoms in total. The summed E-state index contributed by atoms with van der Waals surface area (Å²) in [4.78, 5) is 33.6. The van der Waals surface area contributed by atoms with Gasteiger partial charge in [-0.1, -0.05) is 0 Å². The molecule has 1 aromatic rings. The summed E-state index contributed by atoms with van der Waals surface area (Å²) in [6.45, 7) is 0. The molecule has 0 saturated heterocycles. The second kappa shape index (κ2) is 6.94. The fourth-order valence-electron chi connectivity index (χ4n) is 1.40. The fraction of sp³-hybridized carbons (Fsp3) is 0.154. The summed E-state index contributed by atoms with van der Waals surface area (Å²) >= 11 is 0. The summed E-state index contributed by atoms with van der Waals surface area (Å²) in [5, 5.41) is 20.8. The topological polar surface area (TPSA) is 122 Å². The van der Waals surface area contributed by atoms with E-state index >= 15 is 0 Å². The van der Waals surface area contributed by atoms with Crippen LogP contribution in [0.25, 0.3) is 0 Å². The average Bonchev–Trinajstić information content (AvgIpc) is 2.44. The molecular weight excluding hydrogens is 282 g/mol. The van der Waals surface area contributed by atoms with E-state index in [1.54, 1.807) is 0 Å². The van der Waals surface area contributed by atoms with E-state index in [1.807, 2.05) is 0 Å². The summed E-state index contributed by atoms with van der Waals surface area (Å²) < 4.78 is 8.87. The van der Waals surface area contributed by atoms with Crippen LogP contribution in [0.3, 0.4) is 0 Å². The summed E-state index contributed by atoms with van der Waals surface area (Å²) in [5.74, 6) is -3.24. The molecule has 0 aromatic heterocycles. The van der Waals surface area contributed by atoms with Crippen molar-refractivity contribution in [2.24, 2.45) is 0 Å². The molecular formula is C13H13NO7. The Morgan fingerprint density at radius 1 is 1.14 bits per heavy atom. The maximum Gasteiger partial charge on any atom is 0.354 e. The van der Waals surface area contributed by atoms with Crippen molar-refractivity contribution in [3.63, 3.8) is 0 Å². The van der Waals surface area contributed by atoms with Crippen LogP contribution in [-0.2, 0) is 19.1 Å². The number of nitrogens with one attached hydrogen (secondary N) is 1. The van der Waals surface area contributed by atoms with Gasteiger partial charge in [-0.2, -0.15) is 0 Å². The normalized spacial score (nSPS) is 10.7. The van der Waals surface area contributed by atoms with Gasteiger partial charge in [-0.15, -0.1) is 0 Å². The summed E-state index contributed by atoms with van der Waals surface area (Å²) in [6.07, 6.45) is 0.844. The molecule has 0 unspecified atom stereocenters. The van der Waals surface area contributed by atoms with Gasteiger partial charge in [0.25, 0.3) is 0 Å².